The maximum atomic E-state index is 12.6. The van der Waals surface area contributed by atoms with Crippen LogP contribution in [-0.4, -0.2) is 25.6 Å². The van der Waals surface area contributed by atoms with Crippen LogP contribution in [0.15, 0.2) is 40.8 Å². The van der Waals surface area contributed by atoms with Crippen molar-refractivity contribution < 1.29 is 28.2 Å². The molecule has 2 aromatic heterocycles. The topological polar surface area (TPSA) is 87.0 Å². The predicted molar refractivity (Wildman–Crippen MR) is 114 cm³/mol. The van der Waals surface area contributed by atoms with Crippen LogP contribution in [0.4, 0.5) is 5.00 Å². The number of ether oxygens (including phenoxy) is 3. The van der Waals surface area contributed by atoms with Crippen LogP contribution in [0.2, 0.25) is 0 Å². The Morgan fingerprint density at radius 2 is 1.90 bits per heavy atom. The Kier molecular flexibility index (Phi) is 6.79. The second kappa shape index (κ2) is 9.49. The highest BCUT2D eigenvalue weighted by Crippen LogP contribution is 2.33. The molecule has 3 aromatic rings. The first-order valence-electron chi connectivity index (χ1n) is 9.37. The quantitative estimate of drug-likeness (QED) is 0.509. The normalized spacial score (nSPS) is 10.5. The number of hydrogen-bond donors (Lipinski definition) is 1. The van der Waals surface area contributed by atoms with Gasteiger partial charge in [0.1, 0.15) is 28.9 Å². The largest absolute Gasteiger partial charge is 0.497 e. The van der Waals surface area contributed by atoms with Crippen molar-refractivity contribution in [2.24, 2.45) is 0 Å². The maximum absolute atomic E-state index is 12.6. The average molecular weight is 429 g/mol. The lowest BCUT2D eigenvalue weighted by molar-refractivity contribution is 0.0527. The Morgan fingerprint density at radius 3 is 2.63 bits per heavy atom. The van der Waals surface area contributed by atoms with Gasteiger partial charge in [-0.3, -0.25) is 4.79 Å². The van der Waals surface area contributed by atoms with E-state index < -0.39 is 11.9 Å². The Hall–Kier alpha value is -3.26. The first-order chi connectivity index (χ1) is 14.4. The molecule has 0 aliphatic carbocycles. The fourth-order valence-electron chi connectivity index (χ4n) is 2.75. The summed E-state index contributed by atoms with van der Waals surface area (Å²) in [6.45, 7) is 5.87. The number of anilines is 1. The van der Waals surface area contributed by atoms with Crippen LogP contribution in [0.25, 0.3) is 0 Å². The smallest absolute Gasteiger partial charge is 0.341 e. The van der Waals surface area contributed by atoms with Gasteiger partial charge >= 0.3 is 5.97 Å². The molecule has 30 heavy (non-hydrogen) atoms. The standard InChI is InChI=1S/C22H23NO6S/c1-5-27-22(25)19-13(2)14(3)30-21(19)23-20(24)18-10-9-17(29-18)12-28-16-8-6-7-15(11-16)26-4/h6-11H,5,12H2,1-4H3,(H,23,24). The zero-order valence-electron chi connectivity index (χ0n) is 17.2. The van der Waals surface area contributed by atoms with Crippen LogP contribution in [0, 0.1) is 13.8 Å². The third-order valence-corrected chi connectivity index (χ3v) is 5.52. The van der Waals surface area contributed by atoms with Crippen molar-refractivity contribution in [1.82, 2.24) is 0 Å². The number of carbonyl (C=O) groups is 2. The lowest BCUT2D eigenvalue weighted by Gasteiger charge is -2.07. The third kappa shape index (κ3) is 4.83. The van der Waals surface area contributed by atoms with Gasteiger partial charge in [0.15, 0.2) is 5.76 Å². The summed E-state index contributed by atoms with van der Waals surface area (Å²) in [7, 11) is 1.58. The van der Waals surface area contributed by atoms with Crippen LogP contribution in [0.3, 0.4) is 0 Å². The van der Waals surface area contributed by atoms with Gasteiger partial charge in [-0.15, -0.1) is 11.3 Å². The summed E-state index contributed by atoms with van der Waals surface area (Å²) >= 11 is 1.32. The van der Waals surface area contributed by atoms with Crippen LogP contribution < -0.4 is 14.8 Å². The monoisotopic (exact) mass is 429 g/mol. The number of benzene rings is 1. The van der Waals surface area contributed by atoms with Gasteiger partial charge in [-0.2, -0.15) is 0 Å². The molecule has 7 nitrogen and oxygen atoms in total. The molecule has 0 aliphatic rings. The van der Waals surface area contributed by atoms with Crippen LogP contribution in [0.5, 0.6) is 11.5 Å². The summed E-state index contributed by atoms with van der Waals surface area (Å²) in [6, 6.07) is 10.4. The molecule has 1 aromatic carbocycles. The minimum atomic E-state index is -0.457. The SMILES string of the molecule is CCOC(=O)c1c(NC(=O)c2ccc(COc3cccc(OC)c3)o2)sc(C)c1C. The minimum absolute atomic E-state index is 0.123. The van der Waals surface area contributed by atoms with E-state index in [-0.39, 0.29) is 19.0 Å². The fourth-order valence-corrected chi connectivity index (χ4v) is 3.80. The van der Waals surface area contributed by atoms with Gasteiger partial charge in [-0.05, 0) is 50.6 Å². The van der Waals surface area contributed by atoms with Crippen molar-refractivity contribution in [2.45, 2.75) is 27.4 Å². The van der Waals surface area contributed by atoms with E-state index in [2.05, 4.69) is 5.32 Å². The number of aryl methyl sites for hydroxylation is 1. The third-order valence-electron chi connectivity index (χ3n) is 4.40. The van der Waals surface area contributed by atoms with E-state index in [4.69, 9.17) is 18.6 Å². The van der Waals surface area contributed by atoms with Crippen molar-refractivity contribution in [3.05, 3.63) is 63.9 Å². The first kappa shape index (κ1) is 21.4. The first-order valence-corrected chi connectivity index (χ1v) is 10.2. The number of amides is 1. The molecule has 1 amide bonds. The van der Waals surface area contributed by atoms with E-state index in [0.29, 0.717) is 27.8 Å². The van der Waals surface area contributed by atoms with E-state index in [1.165, 1.54) is 11.3 Å². The summed E-state index contributed by atoms with van der Waals surface area (Å²) in [4.78, 5) is 25.8. The van der Waals surface area contributed by atoms with Crippen LogP contribution in [-0.2, 0) is 11.3 Å². The summed E-state index contributed by atoms with van der Waals surface area (Å²) in [5.41, 5.74) is 1.17. The molecule has 2 heterocycles. The van der Waals surface area contributed by atoms with E-state index in [1.54, 1.807) is 38.3 Å². The highest BCUT2D eigenvalue weighted by atomic mass is 32.1. The molecule has 0 bridgehead atoms. The molecule has 8 heteroatoms. The molecule has 1 N–H and O–H groups in total. The van der Waals surface area contributed by atoms with Crippen molar-refractivity contribution in [2.75, 3.05) is 19.0 Å². The van der Waals surface area contributed by atoms with Crippen molar-refractivity contribution >= 4 is 28.2 Å². The summed E-state index contributed by atoms with van der Waals surface area (Å²) < 4.78 is 21.6. The van der Waals surface area contributed by atoms with E-state index in [9.17, 15) is 9.59 Å². The highest BCUT2D eigenvalue weighted by Gasteiger charge is 2.23. The van der Waals surface area contributed by atoms with Crippen molar-refractivity contribution in [1.29, 1.82) is 0 Å². The summed E-state index contributed by atoms with van der Waals surface area (Å²) in [6.07, 6.45) is 0. The van der Waals surface area contributed by atoms with Crippen molar-refractivity contribution in [3.63, 3.8) is 0 Å². The van der Waals surface area contributed by atoms with E-state index in [0.717, 1.165) is 10.4 Å². The zero-order chi connectivity index (χ0) is 21.7. The number of esters is 1. The zero-order valence-corrected chi connectivity index (χ0v) is 18.1. The second-order valence-corrected chi connectivity index (χ2v) is 7.62. The molecule has 0 aliphatic heterocycles. The number of hydrogen-bond acceptors (Lipinski definition) is 7. The minimum Gasteiger partial charge on any atom is -0.497 e. The van der Waals surface area contributed by atoms with E-state index in [1.807, 2.05) is 26.0 Å². The highest BCUT2D eigenvalue weighted by molar-refractivity contribution is 7.16. The number of methoxy groups -OCH3 is 1. The van der Waals surface area contributed by atoms with Gasteiger partial charge in [0.2, 0.25) is 0 Å². The molecule has 3 rings (SSSR count). The number of furan rings is 1. The molecule has 0 saturated heterocycles. The Labute approximate surface area is 178 Å². The lowest BCUT2D eigenvalue weighted by atomic mass is 10.1. The summed E-state index contributed by atoms with van der Waals surface area (Å²) in [5.74, 6) is 1.02. The van der Waals surface area contributed by atoms with Gasteiger partial charge in [-0.25, -0.2) is 4.79 Å². The Balaban J connectivity index is 1.68. The fraction of sp³-hybridized carbons (Fsp3) is 0.273. The van der Waals surface area contributed by atoms with Gasteiger partial charge in [0, 0.05) is 10.9 Å². The Bertz CT molecular complexity index is 1050. The number of thiophene rings is 1. The maximum Gasteiger partial charge on any atom is 0.341 e. The number of nitrogens with one attached hydrogen (secondary N) is 1. The average Bonchev–Trinajstić information content (AvgIpc) is 3.31. The molecular weight excluding hydrogens is 406 g/mol. The molecule has 0 saturated carbocycles. The number of rotatable bonds is 8. The molecule has 0 unspecified atom stereocenters. The van der Waals surface area contributed by atoms with Gasteiger partial charge < -0.3 is 23.9 Å². The lowest BCUT2D eigenvalue weighted by Crippen LogP contribution is -2.14. The van der Waals surface area contributed by atoms with Gasteiger partial charge in [-0.1, -0.05) is 6.07 Å². The van der Waals surface area contributed by atoms with Crippen LogP contribution in [0.1, 0.15) is 44.0 Å². The van der Waals surface area contributed by atoms with Gasteiger partial charge in [0.25, 0.3) is 5.91 Å². The Morgan fingerprint density at radius 1 is 1.13 bits per heavy atom. The molecule has 0 radical (unpaired) electrons. The molecular formula is C22H23NO6S. The second-order valence-electron chi connectivity index (χ2n) is 6.40. The van der Waals surface area contributed by atoms with Crippen LogP contribution >= 0.6 is 11.3 Å². The summed E-state index contributed by atoms with van der Waals surface area (Å²) in [5, 5.41) is 3.20. The van der Waals surface area contributed by atoms with Crippen molar-refractivity contribution in [3.8, 4) is 11.5 Å². The molecule has 0 fully saturated rings. The molecule has 158 valence electrons. The number of carbonyl (C=O) groups excluding carboxylic acids is 2. The molecule has 0 spiro atoms. The predicted octanol–water partition coefficient (Wildman–Crippen LogP) is 4.97. The molecule has 0 atom stereocenters. The van der Waals surface area contributed by atoms with Gasteiger partial charge in [0.05, 0.1) is 19.3 Å². The van der Waals surface area contributed by atoms with E-state index >= 15 is 0 Å².